The number of carbonyl (C=O) groups excluding carboxylic acids is 2. The summed E-state index contributed by atoms with van der Waals surface area (Å²) in [5.74, 6) is -1.20. The number of aromatic hydroxyl groups is 1. The number of methoxy groups -OCH3 is 2. The Hall–Kier alpha value is -2.24. The predicted octanol–water partition coefficient (Wildman–Crippen LogP) is 0.731. The van der Waals surface area contributed by atoms with Gasteiger partial charge < -0.3 is 19.3 Å². The van der Waals surface area contributed by atoms with E-state index in [2.05, 4.69) is 9.47 Å². The van der Waals surface area contributed by atoms with E-state index in [1.54, 1.807) is 0 Å². The van der Waals surface area contributed by atoms with Gasteiger partial charge in [-0.3, -0.25) is 0 Å². The summed E-state index contributed by atoms with van der Waals surface area (Å²) in [6, 6.07) is 3.89. The second kappa shape index (κ2) is 5.74. The largest absolute Gasteiger partial charge is 0.508 e. The molecule has 1 aromatic rings. The third-order valence-corrected chi connectivity index (χ3v) is 1.94. The topological polar surface area (TPSA) is 82.1 Å². The summed E-state index contributed by atoms with van der Waals surface area (Å²) in [6.07, 6.45) is 0. The quantitative estimate of drug-likeness (QED) is 0.781. The molecule has 1 N–H and O–H groups in total. The Labute approximate surface area is 97.7 Å². The summed E-state index contributed by atoms with van der Waals surface area (Å²) in [5.41, 5.74) is 0.0383. The van der Waals surface area contributed by atoms with Crippen LogP contribution in [0, 0.1) is 0 Å². The van der Waals surface area contributed by atoms with Crippen LogP contribution >= 0.6 is 0 Å². The van der Waals surface area contributed by atoms with Crippen LogP contribution in [0.25, 0.3) is 0 Å². The zero-order valence-electron chi connectivity index (χ0n) is 9.43. The molecular formula is C11H12O6. The molecule has 0 aliphatic heterocycles. The minimum Gasteiger partial charge on any atom is -0.508 e. The molecule has 1 aromatic carbocycles. The van der Waals surface area contributed by atoms with E-state index in [0.717, 1.165) is 0 Å². The lowest BCUT2D eigenvalue weighted by Gasteiger charge is -2.09. The van der Waals surface area contributed by atoms with Gasteiger partial charge in [-0.15, -0.1) is 0 Å². The lowest BCUT2D eigenvalue weighted by molar-refractivity contribution is -0.142. The van der Waals surface area contributed by atoms with Gasteiger partial charge in [-0.2, -0.15) is 0 Å². The van der Waals surface area contributed by atoms with Crippen LogP contribution in [0.1, 0.15) is 10.4 Å². The minimum absolute atomic E-state index is 0.0383. The molecule has 0 saturated carbocycles. The Kier molecular flexibility index (Phi) is 4.33. The second-order valence-corrected chi connectivity index (χ2v) is 3.04. The summed E-state index contributed by atoms with van der Waals surface area (Å²) in [4.78, 5) is 22.3. The van der Waals surface area contributed by atoms with Crippen molar-refractivity contribution in [2.75, 3.05) is 20.8 Å². The van der Waals surface area contributed by atoms with E-state index >= 15 is 0 Å². The fourth-order valence-electron chi connectivity index (χ4n) is 1.11. The zero-order chi connectivity index (χ0) is 12.8. The molecule has 0 unspecified atom stereocenters. The van der Waals surface area contributed by atoms with Crippen molar-refractivity contribution in [3.05, 3.63) is 23.8 Å². The normalized spacial score (nSPS) is 9.53. The van der Waals surface area contributed by atoms with Crippen LogP contribution in [-0.4, -0.2) is 37.9 Å². The number of esters is 2. The van der Waals surface area contributed by atoms with E-state index in [-0.39, 0.29) is 23.7 Å². The molecule has 0 aliphatic rings. The fourth-order valence-corrected chi connectivity index (χ4v) is 1.11. The highest BCUT2D eigenvalue weighted by Gasteiger charge is 2.15. The number of hydrogen-bond donors (Lipinski definition) is 1. The average Bonchev–Trinajstić information content (AvgIpc) is 2.35. The number of phenolic OH excluding ortho intramolecular Hbond substituents is 1. The lowest BCUT2D eigenvalue weighted by Crippen LogP contribution is -2.14. The third kappa shape index (κ3) is 3.37. The summed E-state index contributed by atoms with van der Waals surface area (Å²) in [6.45, 7) is -0.328. The molecule has 0 aromatic heterocycles. The van der Waals surface area contributed by atoms with Crippen molar-refractivity contribution in [2.45, 2.75) is 0 Å². The summed E-state index contributed by atoms with van der Waals surface area (Å²) in [5, 5.41) is 9.25. The van der Waals surface area contributed by atoms with E-state index < -0.39 is 11.9 Å². The molecule has 0 amide bonds. The van der Waals surface area contributed by atoms with Crippen LogP contribution in [-0.2, 0) is 14.3 Å². The molecule has 0 bridgehead atoms. The van der Waals surface area contributed by atoms with E-state index in [4.69, 9.17) is 4.74 Å². The maximum Gasteiger partial charge on any atom is 0.343 e. The van der Waals surface area contributed by atoms with E-state index in [1.165, 1.54) is 32.4 Å². The number of carbonyl (C=O) groups is 2. The number of phenols is 1. The number of hydrogen-bond acceptors (Lipinski definition) is 6. The molecule has 0 atom stereocenters. The van der Waals surface area contributed by atoms with Crippen LogP contribution in [0.4, 0.5) is 0 Å². The molecular weight excluding hydrogens is 228 g/mol. The minimum atomic E-state index is -0.666. The lowest BCUT2D eigenvalue weighted by atomic mass is 10.2. The monoisotopic (exact) mass is 240 g/mol. The van der Waals surface area contributed by atoms with Crippen LogP contribution < -0.4 is 4.74 Å². The molecule has 0 fully saturated rings. The zero-order valence-corrected chi connectivity index (χ0v) is 9.43. The molecule has 6 heteroatoms. The molecule has 1 rings (SSSR count). The first-order valence-electron chi connectivity index (χ1n) is 4.69. The second-order valence-electron chi connectivity index (χ2n) is 3.04. The molecule has 0 radical (unpaired) electrons. The average molecular weight is 240 g/mol. The first-order valence-corrected chi connectivity index (χ1v) is 4.69. The van der Waals surface area contributed by atoms with Gasteiger partial charge >= 0.3 is 11.9 Å². The van der Waals surface area contributed by atoms with Gasteiger partial charge in [0.2, 0.25) is 0 Å². The Balaban J connectivity index is 2.90. The van der Waals surface area contributed by atoms with Crippen molar-refractivity contribution >= 4 is 11.9 Å². The smallest absolute Gasteiger partial charge is 0.343 e. The Morgan fingerprint density at radius 2 is 1.94 bits per heavy atom. The Morgan fingerprint density at radius 1 is 1.24 bits per heavy atom. The number of rotatable bonds is 4. The standard InChI is InChI=1S/C11H12O6/c1-15-10(13)6-17-9-4-3-7(12)5-8(9)11(14)16-2/h3-5,12H,6H2,1-2H3. The van der Waals surface area contributed by atoms with Gasteiger partial charge in [-0.1, -0.05) is 0 Å². The molecule has 0 saturated heterocycles. The summed E-state index contributed by atoms with van der Waals surface area (Å²) >= 11 is 0. The highest BCUT2D eigenvalue weighted by Crippen LogP contribution is 2.24. The molecule has 0 spiro atoms. The fraction of sp³-hybridized carbons (Fsp3) is 0.273. The highest BCUT2D eigenvalue weighted by atomic mass is 16.6. The van der Waals surface area contributed by atoms with Gasteiger partial charge in [0.05, 0.1) is 14.2 Å². The van der Waals surface area contributed by atoms with Crippen molar-refractivity contribution in [3.8, 4) is 11.5 Å². The van der Waals surface area contributed by atoms with Gasteiger partial charge in [0.25, 0.3) is 0 Å². The van der Waals surface area contributed by atoms with Gasteiger partial charge in [0.1, 0.15) is 17.1 Å². The van der Waals surface area contributed by atoms with Crippen LogP contribution in [0.3, 0.4) is 0 Å². The highest BCUT2D eigenvalue weighted by molar-refractivity contribution is 5.93. The first-order chi connectivity index (χ1) is 8.08. The maximum absolute atomic E-state index is 11.4. The molecule has 6 nitrogen and oxygen atoms in total. The summed E-state index contributed by atoms with van der Waals surface area (Å²) in [7, 11) is 2.43. The van der Waals surface area contributed by atoms with Gasteiger partial charge in [0, 0.05) is 0 Å². The Morgan fingerprint density at radius 3 is 2.53 bits per heavy atom. The van der Waals surface area contributed by atoms with Gasteiger partial charge in [-0.05, 0) is 18.2 Å². The SMILES string of the molecule is COC(=O)COc1ccc(O)cc1C(=O)OC. The number of benzene rings is 1. The molecule has 92 valence electrons. The van der Waals surface area contributed by atoms with Gasteiger partial charge in [-0.25, -0.2) is 9.59 Å². The van der Waals surface area contributed by atoms with Gasteiger partial charge in [0.15, 0.2) is 6.61 Å². The van der Waals surface area contributed by atoms with Crippen molar-refractivity contribution in [3.63, 3.8) is 0 Å². The summed E-state index contributed by atoms with van der Waals surface area (Å²) < 4.78 is 14.0. The van der Waals surface area contributed by atoms with Crippen molar-refractivity contribution in [1.82, 2.24) is 0 Å². The predicted molar refractivity (Wildman–Crippen MR) is 57.0 cm³/mol. The molecule has 0 heterocycles. The molecule has 0 aliphatic carbocycles. The first kappa shape index (κ1) is 12.8. The third-order valence-electron chi connectivity index (χ3n) is 1.94. The number of ether oxygens (including phenoxy) is 3. The van der Waals surface area contributed by atoms with Crippen LogP contribution in [0.2, 0.25) is 0 Å². The van der Waals surface area contributed by atoms with E-state index in [9.17, 15) is 14.7 Å². The van der Waals surface area contributed by atoms with Crippen molar-refractivity contribution in [1.29, 1.82) is 0 Å². The maximum atomic E-state index is 11.4. The van der Waals surface area contributed by atoms with Crippen LogP contribution in [0.15, 0.2) is 18.2 Å². The molecule has 17 heavy (non-hydrogen) atoms. The van der Waals surface area contributed by atoms with Crippen molar-refractivity contribution in [2.24, 2.45) is 0 Å². The van der Waals surface area contributed by atoms with Crippen molar-refractivity contribution < 1.29 is 28.9 Å². The van der Waals surface area contributed by atoms with E-state index in [1.807, 2.05) is 0 Å². The Bertz CT molecular complexity index is 426. The van der Waals surface area contributed by atoms with E-state index in [0.29, 0.717) is 0 Å². The van der Waals surface area contributed by atoms with Crippen LogP contribution in [0.5, 0.6) is 11.5 Å².